The smallest absolute Gasteiger partial charge is 0.391 e. The number of carbonyl (C=O) groups is 2. The molecule has 0 spiro atoms. The number of amides is 2. The summed E-state index contributed by atoms with van der Waals surface area (Å²) in [6.45, 7) is 1.31. The molecule has 39 heavy (non-hydrogen) atoms. The van der Waals surface area contributed by atoms with E-state index in [2.05, 4.69) is 20.6 Å². The standard InChI is InChI=1S/C25H28F5N5O3S/c1-2-17(25(28,29)30)33-18-9-13(21(26)27)14(10-31-18)20-19(24(38)35-11-3-4-12(35)6-5-11)34-23(39-20)22(37)32-15-7-8-16(15)36/h9-12,15-17,21,36H,2-8H2,1H3,(H,31,33)(H,32,37)/t11?,12?,15-,16-,17-/m0/s1. The first-order chi connectivity index (χ1) is 18.5. The van der Waals surface area contributed by atoms with Crippen molar-refractivity contribution < 1.29 is 36.6 Å². The number of thiazole rings is 1. The fraction of sp³-hybridized carbons (Fsp3) is 0.600. The molecule has 4 heterocycles. The molecule has 3 fully saturated rings. The SMILES string of the molecule is CC[C@H](Nc1cc(C(F)F)c(-c2sc(C(=O)N[C@H]3CC[C@@H]3O)nc2C(=O)N2C3CCC2CC3)cn1)C(F)(F)F. The lowest BCUT2D eigenvalue weighted by Crippen LogP contribution is -2.50. The zero-order valence-electron chi connectivity index (χ0n) is 21.0. The van der Waals surface area contributed by atoms with E-state index in [1.54, 1.807) is 4.90 Å². The second-order valence-electron chi connectivity index (χ2n) is 10.2. The Labute approximate surface area is 225 Å². The third-order valence-electron chi connectivity index (χ3n) is 7.81. The molecule has 3 N–H and O–H groups in total. The van der Waals surface area contributed by atoms with Gasteiger partial charge >= 0.3 is 6.18 Å². The third kappa shape index (κ3) is 5.32. The first-order valence-corrected chi connectivity index (χ1v) is 13.7. The number of hydrogen-bond donors (Lipinski definition) is 3. The number of hydrogen-bond acceptors (Lipinski definition) is 7. The molecule has 3 aliphatic rings. The number of nitrogens with one attached hydrogen (secondary N) is 2. The van der Waals surface area contributed by atoms with Gasteiger partial charge in [-0.05, 0) is 51.0 Å². The Bertz CT molecular complexity index is 1240. The van der Waals surface area contributed by atoms with E-state index in [-0.39, 0.29) is 45.5 Å². The Hall–Kier alpha value is -2.87. The molecule has 0 aromatic carbocycles. The molecule has 2 aromatic rings. The first-order valence-electron chi connectivity index (χ1n) is 12.9. The van der Waals surface area contributed by atoms with E-state index >= 15 is 0 Å². The number of fused-ring (bicyclic) bond motifs is 2. The highest BCUT2D eigenvalue weighted by atomic mass is 32.1. The summed E-state index contributed by atoms with van der Waals surface area (Å²) >= 11 is 0.743. The predicted octanol–water partition coefficient (Wildman–Crippen LogP) is 4.92. The lowest BCUT2D eigenvalue weighted by Gasteiger charge is -2.32. The maximum atomic E-state index is 14.3. The normalized spacial score (nSPS) is 25.1. The summed E-state index contributed by atoms with van der Waals surface area (Å²) in [4.78, 5) is 36.5. The lowest BCUT2D eigenvalue weighted by atomic mass is 9.89. The number of aromatic nitrogens is 2. The summed E-state index contributed by atoms with van der Waals surface area (Å²) < 4.78 is 68.3. The average molecular weight is 574 g/mol. The summed E-state index contributed by atoms with van der Waals surface area (Å²) in [5.41, 5.74) is -0.969. The maximum Gasteiger partial charge on any atom is 0.408 e. The van der Waals surface area contributed by atoms with E-state index in [0.717, 1.165) is 49.3 Å². The van der Waals surface area contributed by atoms with Crippen LogP contribution in [0.5, 0.6) is 0 Å². The number of anilines is 1. The van der Waals surface area contributed by atoms with Crippen molar-refractivity contribution in [1.82, 2.24) is 20.2 Å². The molecule has 0 radical (unpaired) electrons. The summed E-state index contributed by atoms with van der Waals surface area (Å²) in [6, 6.07) is -1.60. The van der Waals surface area contributed by atoms with Crippen LogP contribution in [0.3, 0.4) is 0 Å². The average Bonchev–Trinajstić information content (AvgIpc) is 3.63. The van der Waals surface area contributed by atoms with Crippen LogP contribution in [0.2, 0.25) is 0 Å². The molecule has 8 nitrogen and oxygen atoms in total. The molecular formula is C25H28F5N5O3S. The van der Waals surface area contributed by atoms with Crippen LogP contribution in [0, 0.1) is 0 Å². The summed E-state index contributed by atoms with van der Waals surface area (Å²) in [5.74, 6) is -1.50. The van der Waals surface area contributed by atoms with Gasteiger partial charge in [-0.25, -0.2) is 18.7 Å². The number of pyridine rings is 1. The van der Waals surface area contributed by atoms with Crippen LogP contribution in [-0.2, 0) is 0 Å². The molecule has 14 heteroatoms. The molecule has 1 aliphatic carbocycles. The van der Waals surface area contributed by atoms with Gasteiger partial charge in [0.25, 0.3) is 18.2 Å². The third-order valence-corrected chi connectivity index (χ3v) is 8.89. The van der Waals surface area contributed by atoms with Gasteiger partial charge in [0, 0.05) is 29.4 Å². The summed E-state index contributed by atoms with van der Waals surface area (Å²) in [6.07, 6.45) is -3.36. The Morgan fingerprint density at radius 1 is 1.15 bits per heavy atom. The van der Waals surface area contributed by atoms with Crippen LogP contribution in [0.15, 0.2) is 12.3 Å². The highest BCUT2D eigenvalue weighted by Crippen LogP contribution is 2.42. The predicted molar refractivity (Wildman–Crippen MR) is 133 cm³/mol. The topological polar surface area (TPSA) is 107 Å². The zero-order chi connectivity index (χ0) is 28.1. The van der Waals surface area contributed by atoms with E-state index in [0.29, 0.717) is 12.8 Å². The molecule has 5 rings (SSSR count). The number of rotatable bonds is 8. The van der Waals surface area contributed by atoms with Gasteiger partial charge in [-0.1, -0.05) is 6.92 Å². The number of aliphatic hydroxyl groups is 1. The van der Waals surface area contributed by atoms with Gasteiger partial charge in [0.1, 0.15) is 17.6 Å². The van der Waals surface area contributed by atoms with Gasteiger partial charge in [0.15, 0.2) is 5.01 Å². The van der Waals surface area contributed by atoms with E-state index in [1.807, 2.05) is 0 Å². The van der Waals surface area contributed by atoms with Crippen molar-refractivity contribution >= 4 is 29.0 Å². The van der Waals surface area contributed by atoms with E-state index in [4.69, 9.17) is 0 Å². The number of aliphatic hydroxyl groups excluding tert-OH is 1. The van der Waals surface area contributed by atoms with Gasteiger partial charge in [-0.15, -0.1) is 11.3 Å². The monoisotopic (exact) mass is 573 g/mol. The number of halogens is 5. The van der Waals surface area contributed by atoms with Crippen LogP contribution in [0.25, 0.3) is 10.4 Å². The maximum absolute atomic E-state index is 14.3. The van der Waals surface area contributed by atoms with Crippen molar-refractivity contribution in [2.45, 2.75) is 94.7 Å². The Morgan fingerprint density at radius 2 is 1.82 bits per heavy atom. The fourth-order valence-corrected chi connectivity index (χ4v) is 6.50. The Kier molecular flexibility index (Phi) is 7.53. The van der Waals surface area contributed by atoms with Gasteiger partial charge in [0.2, 0.25) is 0 Å². The van der Waals surface area contributed by atoms with Gasteiger partial charge < -0.3 is 20.6 Å². The van der Waals surface area contributed by atoms with Crippen LogP contribution in [0.4, 0.5) is 27.8 Å². The van der Waals surface area contributed by atoms with Gasteiger partial charge in [0.05, 0.1) is 17.0 Å². The van der Waals surface area contributed by atoms with Gasteiger partial charge in [-0.2, -0.15) is 13.2 Å². The van der Waals surface area contributed by atoms with Crippen molar-refractivity contribution in [3.05, 3.63) is 28.5 Å². The second-order valence-corrected chi connectivity index (χ2v) is 11.2. The minimum Gasteiger partial charge on any atom is -0.391 e. The molecule has 212 valence electrons. The quantitative estimate of drug-likeness (QED) is 0.388. The van der Waals surface area contributed by atoms with Crippen LogP contribution >= 0.6 is 11.3 Å². The fourth-order valence-electron chi connectivity index (χ4n) is 5.51. The van der Waals surface area contributed by atoms with E-state index < -0.39 is 48.2 Å². The molecule has 2 aromatic heterocycles. The summed E-state index contributed by atoms with van der Waals surface area (Å²) in [5, 5.41) is 14.5. The molecule has 0 unspecified atom stereocenters. The largest absolute Gasteiger partial charge is 0.408 e. The molecule has 2 bridgehead atoms. The molecule has 2 amide bonds. The minimum atomic E-state index is -4.61. The summed E-state index contributed by atoms with van der Waals surface area (Å²) in [7, 11) is 0. The van der Waals surface area contributed by atoms with E-state index in [1.165, 1.54) is 6.92 Å². The number of carbonyl (C=O) groups excluding carboxylic acids is 2. The zero-order valence-corrected chi connectivity index (χ0v) is 21.8. The van der Waals surface area contributed by atoms with Crippen molar-refractivity contribution in [2.24, 2.45) is 0 Å². The molecule has 1 saturated carbocycles. The molecule has 2 aliphatic heterocycles. The van der Waals surface area contributed by atoms with Crippen molar-refractivity contribution in [1.29, 1.82) is 0 Å². The van der Waals surface area contributed by atoms with Crippen molar-refractivity contribution in [3.8, 4) is 10.4 Å². The molecular weight excluding hydrogens is 545 g/mol. The van der Waals surface area contributed by atoms with Crippen LogP contribution in [0.1, 0.15) is 84.1 Å². The molecule has 2 saturated heterocycles. The Balaban J connectivity index is 1.53. The van der Waals surface area contributed by atoms with Gasteiger partial charge in [-0.3, -0.25) is 9.59 Å². The van der Waals surface area contributed by atoms with Crippen molar-refractivity contribution in [2.75, 3.05) is 5.32 Å². The minimum absolute atomic E-state index is 0.00261. The van der Waals surface area contributed by atoms with Crippen LogP contribution in [-0.4, -0.2) is 68.2 Å². The molecule has 3 atom stereocenters. The Morgan fingerprint density at radius 3 is 2.33 bits per heavy atom. The lowest BCUT2D eigenvalue weighted by molar-refractivity contribution is -0.142. The first kappa shape index (κ1) is 27.7. The number of alkyl halides is 5. The second kappa shape index (κ2) is 10.6. The van der Waals surface area contributed by atoms with Crippen molar-refractivity contribution in [3.63, 3.8) is 0 Å². The highest BCUT2D eigenvalue weighted by Gasteiger charge is 2.44. The van der Waals surface area contributed by atoms with Crippen LogP contribution < -0.4 is 10.6 Å². The van der Waals surface area contributed by atoms with E-state index in [9.17, 15) is 36.6 Å². The highest BCUT2D eigenvalue weighted by molar-refractivity contribution is 7.17. The number of nitrogens with zero attached hydrogens (tertiary/aromatic N) is 3.